The minimum atomic E-state index is -0.535. The summed E-state index contributed by atoms with van der Waals surface area (Å²) < 4.78 is 0. The van der Waals surface area contributed by atoms with Crippen LogP contribution in [0.1, 0.15) is 63.2 Å². The van der Waals surface area contributed by atoms with Crippen LogP contribution >= 0.6 is 0 Å². The second kappa shape index (κ2) is 14.5. The lowest BCUT2D eigenvalue weighted by Gasteiger charge is -2.35. The van der Waals surface area contributed by atoms with Gasteiger partial charge in [0, 0.05) is 11.1 Å². The average molecular weight is 792 g/mol. The molecule has 0 fully saturated rings. The molecule has 0 N–H and O–H groups in total. The predicted octanol–water partition coefficient (Wildman–Crippen LogP) is 13.5. The van der Waals surface area contributed by atoms with Gasteiger partial charge in [-0.25, -0.2) is 15.0 Å². The molecule has 3 heteroatoms. The van der Waals surface area contributed by atoms with E-state index in [9.17, 15) is 0 Å². The molecule has 0 saturated carbocycles. The van der Waals surface area contributed by atoms with Crippen LogP contribution < -0.4 is 0 Å². The molecular formula is C59H41N3. The molecule has 1 heterocycles. The second-order valence-electron chi connectivity index (χ2n) is 16.5. The first-order valence-corrected chi connectivity index (χ1v) is 21.6. The Balaban J connectivity index is 1.08. The van der Waals surface area contributed by atoms with Gasteiger partial charge in [-0.2, -0.15) is 0 Å². The van der Waals surface area contributed by atoms with Crippen LogP contribution in [-0.4, -0.2) is 15.0 Å². The van der Waals surface area contributed by atoms with Crippen LogP contribution in [0.5, 0.6) is 0 Å². The largest absolute Gasteiger partial charge is 0.209 e. The van der Waals surface area contributed by atoms with E-state index >= 15 is 0 Å². The number of allylic oxidation sites excluding steroid dienone is 4. The van der Waals surface area contributed by atoms with Crippen molar-refractivity contribution in [1.29, 1.82) is 0 Å². The van der Waals surface area contributed by atoms with E-state index < -0.39 is 10.8 Å². The summed E-state index contributed by atoms with van der Waals surface area (Å²) in [5, 5.41) is 0. The molecule has 0 saturated heterocycles. The van der Waals surface area contributed by atoms with Crippen molar-refractivity contribution < 1.29 is 0 Å². The highest BCUT2D eigenvalue weighted by molar-refractivity contribution is 5.92. The van der Waals surface area contributed by atoms with Gasteiger partial charge in [-0.3, -0.25) is 0 Å². The predicted molar refractivity (Wildman–Crippen MR) is 251 cm³/mol. The van der Waals surface area contributed by atoms with Crippen molar-refractivity contribution in [3.63, 3.8) is 0 Å². The van der Waals surface area contributed by atoms with Crippen LogP contribution in [0, 0.1) is 0 Å². The Morgan fingerprint density at radius 1 is 0.323 bits per heavy atom. The highest BCUT2D eigenvalue weighted by atomic mass is 15.0. The number of fused-ring (bicyclic) bond motifs is 5. The van der Waals surface area contributed by atoms with E-state index in [4.69, 9.17) is 15.0 Å². The third kappa shape index (κ3) is 5.34. The fourth-order valence-electron chi connectivity index (χ4n) is 10.9. The van der Waals surface area contributed by atoms with Crippen molar-refractivity contribution in [2.24, 2.45) is 0 Å². The molecule has 0 unspecified atom stereocenters. The Bertz CT molecular complexity index is 3130. The molecule has 0 spiro atoms. The first-order chi connectivity index (χ1) is 30.7. The fourth-order valence-corrected chi connectivity index (χ4v) is 10.9. The summed E-state index contributed by atoms with van der Waals surface area (Å²) in [7, 11) is 0. The molecule has 3 nitrogen and oxygen atoms in total. The summed E-state index contributed by atoms with van der Waals surface area (Å²) in [6.07, 6.45) is 4.12. The standard InChI is InChI=1S/C59H41N3/c1-6-20-40(21-7-1)55-60-56(41-34-36-49-47-30-16-18-32-51(47)58(53(49)38-41,43-22-8-2-9-23-43)44-24-10-3-11-25-44)62-57(61-55)42-35-37-50-48-31-17-19-33-52(48)59(54(50)39-42,45-26-12-4-13-27-45)46-28-14-5-15-29-46/h1-34,36,38-39H,35,37H2. The van der Waals surface area contributed by atoms with Crippen molar-refractivity contribution in [3.8, 4) is 33.9 Å². The smallest absolute Gasteiger partial charge is 0.164 e. The number of hydrogen-bond donors (Lipinski definition) is 0. The van der Waals surface area contributed by atoms with Gasteiger partial charge in [0.05, 0.1) is 10.8 Å². The van der Waals surface area contributed by atoms with E-state index in [2.05, 4.69) is 218 Å². The molecule has 3 aliphatic rings. The van der Waals surface area contributed by atoms with Crippen LogP contribution in [0.4, 0.5) is 0 Å². The van der Waals surface area contributed by atoms with E-state index in [1.54, 1.807) is 0 Å². The molecule has 9 aromatic rings. The van der Waals surface area contributed by atoms with Crippen LogP contribution in [0.3, 0.4) is 0 Å². The lowest BCUT2D eigenvalue weighted by molar-refractivity contribution is 0.757. The van der Waals surface area contributed by atoms with Crippen LogP contribution in [-0.2, 0) is 10.8 Å². The lowest BCUT2D eigenvalue weighted by Crippen LogP contribution is -2.29. The van der Waals surface area contributed by atoms with Crippen molar-refractivity contribution in [2.75, 3.05) is 0 Å². The van der Waals surface area contributed by atoms with Crippen molar-refractivity contribution in [2.45, 2.75) is 23.7 Å². The summed E-state index contributed by atoms with van der Waals surface area (Å²) in [6.45, 7) is 0. The van der Waals surface area contributed by atoms with Crippen LogP contribution in [0.15, 0.2) is 230 Å². The SMILES string of the molecule is C1=C(c2nc(-c3ccccc3)nc(-c3ccc4c(c3)C(c3ccccc3)(c3ccccc3)c3ccccc3-4)n2)CCC2=C1C(c1ccccc1)(c1ccccc1)c1ccccc12. The van der Waals surface area contributed by atoms with Crippen molar-refractivity contribution >= 4 is 11.1 Å². The highest BCUT2D eigenvalue weighted by Crippen LogP contribution is 2.59. The maximum atomic E-state index is 5.46. The number of benzene rings is 8. The Morgan fingerprint density at radius 2 is 0.758 bits per heavy atom. The molecule has 0 bridgehead atoms. The molecule has 62 heavy (non-hydrogen) atoms. The fraction of sp³-hybridized carbons (Fsp3) is 0.0678. The van der Waals surface area contributed by atoms with Gasteiger partial charge in [-0.05, 0) is 91.3 Å². The van der Waals surface area contributed by atoms with E-state index in [-0.39, 0.29) is 0 Å². The maximum Gasteiger partial charge on any atom is 0.164 e. The monoisotopic (exact) mass is 791 g/mol. The van der Waals surface area contributed by atoms with Crippen LogP contribution in [0.2, 0.25) is 0 Å². The summed E-state index contributed by atoms with van der Waals surface area (Å²) in [5.41, 5.74) is 17.3. The Kier molecular flexibility index (Phi) is 8.43. The minimum absolute atomic E-state index is 0.495. The number of rotatable bonds is 7. The molecule has 0 aliphatic heterocycles. The number of hydrogen-bond acceptors (Lipinski definition) is 3. The Labute approximate surface area is 362 Å². The van der Waals surface area contributed by atoms with Gasteiger partial charge in [0.1, 0.15) is 0 Å². The molecule has 3 aliphatic carbocycles. The quantitative estimate of drug-likeness (QED) is 0.161. The lowest BCUT2D eigenvalue weighted by atomic mass is 9.66. The van der Waals surface area contributed by atoms with Gasteiger partial charge in [-0.15, -0.1) is 0 Å². The minimum Gasteiger partial charge on any atom is -0.209 e. The normalized spacial score (nSPS) is 15.3. The van der Waals surface area contributed by atoms with Gasteiger partial charge in [0.25, 0.3) is 0 Å². The first-order valence-electron chi connectivity index (χ1n) is 21.6. The van der Waals surface area contributed by atoms with Gasteiger partial charge < -0.3 is 0 Å². The van der Waals surface area contributed by atoms with Gasteiger partial charge >= 0.3 is 0 Å². The van der Waals surface area contributed by atoms with Crippen molar-refractivity contribution in [3.05, 3.63) is 280 Å². The molecule has 8 aromatic carbocycles. The topological polar surface area (TPSA) is 38.7 Å². The molecular weight excluding hydrogens is 751 g/mol. The molecule has 292 valence electrons. The molecule has 0 amide bonds. The molecule has 12 rings (SSSR count). The summed E-state index contributed by atoms with van der Waals surface area (Å²) in [4.78, 5) is 16.1. The van der Waals surface area contributed by atoms with E-state index in [1.807, 2.05) is 6.07 Å². The molecule has 0 radical (unpaired) electrons. The van der Waals surface area contributed by atoms with Gasteiger partial charge in [-0.1, -0.05) is 218 Å². The van der Waals surface area contributed by atoms with Crippen LogP contribution in [0.25, 0.3) is 45.0 Å². The maximum absolute atomic E-state index is 5.46. The van der Waals surface area contributed by atoms with Gasteiger partial charge in [0.15, 0.2) is 17.5 Å². The number of nitrogens with zero attached hydrogens (tertiary/aromatic N) is 3. The Hall–Kier alpha value is -7.75. The summed E-state index contributed by atoms with van der Waals surface area (Å²) >= 11 is 0. The molecule has 0 atom stereocenters. The van der Waals surface area contributed by atoms with E-state index in [0.717, 1.165) is 29.5 Å². The average Bonchev–Trinajstić information content (AvgIpc) is 3.83. The van der Waals surface area contributed by atoms with E-state index in [0.29, 0.717) is 17.5 Å². The zero-order chi connectivity index (χ0) is 41.1. The Morgan fingerprint density at radius 3 is 1.34 bits per heavy atom. The summed E-state index contributed by atoms with van der Waals surface area (Å²) in [6, 6.07) is 79.0. The van der Waals surface area contributed by atoms with Crippen molar-refractivity contribution in [1.82, 2.24) is 15.0 Å². The van der Waals surface area contributed by atoms with Gasteiger partial charge in [0.2, 0.25) is 0 Å². The van der Waals surface area contributed by atoms with E-state index in [1.165, 1.54) is 66.8 Å². The third-order valence-corrected chi connectivity index (χ3v) is 13.4. The zero-order valence-corrected chi connectivity index (χ0v) is 34.1. The first kappa shape index (κ1) is 36.1. The highest BCUT2D eigenvalue weighted by Gasteiger charge is 2.48. The second-order valence-corrected chi connectivity index (χ2v) is 16.5. The molecule has 1 aromatic heterocycles. The number of aromatic nitrogens is 3. The third-order valence-electron chi connectivity index (χ3n) is 13.4. The summed E-state index contributed by atoms with van der Waals surface area (Å²) in [5.74, 6) is 2.04. The zero-order valence-electron chi connectivity index (χ0n) is 34.1.